The van der Waals surface area contributed by atoms with Crippen molar-refractivity contribution in [1.82, 2.24) is 15.0 Å². The fourth-order valence-electron chi connectivity index (χ4n) is 7.92. The summed E-state index contributed by atoms with van der Waals surface area (Å²) in [5.74, 6) is -4.11. The highest BCUT2D eigenvalue weighted by atomic mass is 19.1. The van der Waals surface area contributed by atoms with Crippen LogP contribution in [0.1, 0.15) is 66.8 Å². The van der Waals surface area contributed by atoms with E-state index in [1.807, 2.05) is 79.7 Å². The van der Waals surface area contributed by atoms with Crippen molar-refractivity contribution in [2.24, 2.45) is 11.8 Å². The van der Waals surface area contributed by atoms with Gasteiger partial charge in [-0.3, -0.25) is 14.5 Å². The highest BCUT2D eigenvalue weighted by molar-refractivity contribution is 6.16. The van der Waals surface area contributed by atoms with Gasteiger partial charge in [-0.2, -0.15) is 0 Å². The van der Waals surface area contributed by atoms with E-state index in [9.17, 15) is 19.8 Å². The average Bonchev–Trinajstić information content (AvgIpc) is 3.51. The summed E-state index contributed by atoms with van der Waals surface area (Å²) in [7, 11) is 7.21. The van der Waals surface area contributed by atoms with Crippen molar-refractivity contribution in [1.29, 1.82) is 0 Å². The number of nitrogens with zero attached hydrogens (tertiary/aromatic N) is 3. The molecule has 260 valence electrons. The van der Waals surface area contributed by atoms with Gasteiger partial charge in [0.1, 0.15) is 36.1 Å². The summed E-state index contributed by atoms with van der Waals surface area (Å²) in [6.07, 6.45) is 0.150. The second kappa shape index (κ2) is 12.8. The Hall–Kier alpha value is -4.84. The summed E-state index contributed by atoms with van der Waals surface area (Å²) in [5, 5.41) is 28.5. The molecule has 0 spiro atoms. The monoisotopic (exact) mass is 681 g/mol. The number of carbonyl (C=O) groups excluding carboxylic acids is 2. The van der Waals surface area contributed by atoms with E-state index in [-0.39, 0.29) is 72.3 Å². The largest absolute Gasteiger partial charge is 0.508 e. The smallest absolute Gasteiger partial charge is 0.265 e. The van der Waals surface area contributed by atoms with Crippen molar-refractivity contribution in [3.63, 3.8) is 0 Å². The van der Waals surface area contributed by atoms with E-state index in [0.29, 0.717) is 11.1 Å². The number of fused-ring (bicyclic) bond motifs is 4. The molecule has 11 heteroatoms. The maximum absolute atomic E-state index is 16.6. The molecule has 3 aromatic carbocycles. The number of Topliss-reactive ketones (excluding diaryl/α,β-unsaturated/α-hetero) is 2. The summed E-state index contributed by atoms with van der Waals surface area (Å²) >= 11 is 0. The summed E-state index contributed by atoms with van der Waals surface area (Å²) in [6, 6.07) is 18.0. The highest BCUT2D eigenvalue weighted by Crippen LogP contribution is 2.57. The molecule has 10 nitrogen and oxygen atoms in total. The number of benzene rings is 3. The molecule has 7 rings (SSSR count). The average molecular weight is 682 g/mol. The predicted octanol–water partition coefficient (Wildman–Crippen LogP) is 5.76. The maximum atomic E-state index is 16.6. The molecule has 50 heavy (non-hydrogen) atoms. The van der Waals surface area contributed by atoms with Gasteiger partial charge in [0.15, 0.2) is 17.1 Å². The molecular weight excluding hydrogens is 641 g/mol. The standard InChI is InChI=1S/C39H40FN3O7/c1-21-26(18-42(2)3)31(40)25-16-24-17-27-32(43(4)5)35-30(38(41-50-35)49-20-23-14-10-7-11-15-23)37(46)39(27,47)36(45)28(24)33(44)29(25)34(21)48-19-22-12-8-6-9-13-22/h6-15,24,27,32,45,47H,16-20H2,1-5H3/t24-,27-,32-,39-/m0/s1. The Kier molecular flexibility index (Phi) is 8.62. The Morgan fingerprint density at radius 2 is 1.58 bits per heavy atom. The number of carbonyl (C=O) groups is 2. The van der Waals surface area contributed by atoms with Crippen LogP contribution in [0.25, 0.3) is 0 Å². The fraction of sp³-hybridized carbons (Fsp3) is 0.359. The van der Waals surface area contributed by atoms with Gasteiger partial charge in [-0.05, 0) is 75.7 Å². The molecule has 3 aliphatic rings. The van der Waals surface area contributed by atoms with Gasteiger partial charge in [-0.1, -0.05) is 60.7 Å². The number of rotatable bonds is 9. The predicted molar refractivity (Wildman–Crippen MR) is 182 cm³/mol. The first-order valence-corrected chi connectivity index (χ1v) is 16.7. The van der Waals surface area contributed by atoms with Crippen molar-refractivity contribution in [3.05, 3.63) is 123 Å². The van der Waals surface area contributed by atoms with Crippen molar-refractivity contribution >= 4 is 11.6 Å². The van der Waals surface area contributed by atoms with Crippen LogP contribution in [-0.2, 0) is 26.2 Å². The van der Waals surface area contributed by atoms with Crippen LogP contribution in [0.3, 0.4) is 0 Å². The third-order valence-electron chi connectivity index (χ3n) is 10.3. The van der Waals surface area contributed by atoms with E-state index in [2.05, 4.69) is 5.16 Å². The molecular formula is C39H40FN3O7. The zero-order chi connectivity index (χ0) is 35.5. The zero-order valence-corrected chi connectivity index (χ0v) is 28.7. The Bertz CT molecular complexity index is 2010. The number of ether oxygens (including phenoxy) is 2. The van der Waals surface area contributed by atoms with Gasteiger partial charge >= 0.3 is 0 Å². The van der Waals surface area contributed by atoms with Crippen LogP contribution in [0.4, 0.5) is 4.39 Å². The Morgan fingerprint density at radius 1 is 0.960 bits per heavy atom. The lowest BCUT2D eigenvalue weighted by atomic mass is 9.58. The SMILES string of the molecule is Cc1c(CN(C)C)c(F)c2c(c1OCc1ccccc1)C(=O)C1=C(O)[C@]3(O)C(=O)c4c(OCc5ccccc5)noc4[C@@H](N(C)C)[C@@H]3C[C@@H]1C2. The number of aliphatic hydroxyl groups excluding tert-OH is 1. The van der Waals surface area contributed by atoms with E-state index in [0.717, 1.165) is 11.1 Å². The van der Waals surface area contributed by atoms with Crippen LogP contribution in [-0.4, -0.2) is 70.5 Å². The lowest BCUT2D eigenvalue weighted by Crippen LogP contribution is -2.59. The van der Waals surface area contributed by atoms with Crippen LogP contribution in [0.15, 0.2) is 76.5 Å². The molecule has 1 aromatic heterocycles. The van der Waals surface area contributed by atoms with Gasteiger partial charge in [0, 0.05) is 29.2 Å². The topological polar surface area (TPSA) is 126 Å². The van der Waals surface area contributed by atoms with Crippen molar-refractivity contribution in [2.45, 2.75) is 51.2 Å². The molecule has 0 saturated heterocycles. The minimum atomic E-state index is -2.50. The van der Waals surface area contributed by atoms with Gasteiger partial charge in [0.25, 0.3) is 5.88 Å². The van der Waals surface area contributed by atoms with Crippen LogP contribution < -0.4 is 9.47 Å². The minimum absolute atomic E-state index is 0.00301. The molecule has 0 amide bonds. The first-order valence-electron chi connectivity index (χ1n) is 16.7. The van der Waals surface area contributed by atoms with E-state index >= 15 is 4.39 Å². The van der Waals surface area contributed by atoms with Crippen LogP contribution >= 0.6 is 0 Å². The maximum Gasteiger partial charge on any atom is 0.265 e. The molecule has 0 unspecified atom stereocenters. The Labute approximate surface area is 289 Å². The van der Waals surface area contributed by atoms with Crippen molar-refractivity contribution in [3.8, 4) is 11.6 Å². The number of aromatic nitrogens is 1. The molecule has 3 aliphatic carbocycles. The molecule has 0 saturated carbocycles. The summed E-state index contributed by atoms with van der Waals surface area (Å²) < 4.78 is 34.5. The molecule has 4 aromatic rings. The van der Waals surface area contributed by atoms with Gasteiger partial charge in [-0.25, -0.2) is 4.39 Å². The van der Waals surface area contributed by atoms with Gasteiger partial charge in [-0.15, -0.1) is 0 Å². The molecule has 2 N–H and O–H groups in total. The van der Waals surface area contributed by atoms with Crippen LogP contribution in [0, 0.1) is 24.6 Å². The van der Waals surface area contributed by atoms with Crippen LogP contribution in [0.5, 0.6) is 11.6 Å². The number of ketones is 2. The second-order valence-corrected chi connectivity index (χ2v) is 14.0. The first-order chi connectivity index (χ1) is 23.9. The summed E-state index contributed by atoms with van der Waals surface area (Å²) in [6.45, 7) is 2.21. The van der Waals surface area contributed by atoms with E-state index < -0.39 is 46.6 Å². The number of halogens is 1. The minimum Gasteiger partial charge on any atom is -0.508 e. The van der Waals surface area contributed by atoms with Gasteiger partial charge < -0.3 is 29.1 Å². The van der Waals surface area contributed by atoms with E-state index in [4.69, 9.17) is 14.0 Å². The molecule has 1 heterocycles. The number of allylic oxidation sites excluding steroid dienone is 1. The molecule has 0 aliphatic heterocycles. The van der Waals surface area contributed by atoms with Gasteiger partial charge in [0.05, 0.1) is 11.6 Å². The summed E-state index contributed by atoms with van der Waals surface area (Å²) in [5.41, 5.74) is 0.0773. The molecule has 0 radical (unpaired) electrons. The number of hydrogen-bond acceptors (Lipinski definition) is 10. The Balaban J connectivity index is 1.34. The Morgan fingerprint density at radius 3 is 2.18 bits per heavy atom. The molecule has 0 bridgehead atoms. The quantitative estimate of drug-likeness (QED) is 0.225. The molecule has 4 atom stereocenters. The summed E-state index contributed by atoms with van der Waals surface area (Å²) in [4.78, 5) is 32.7. The number of aliphatic hydroxyl groups is 2. The third kappa shape index (κ3) is 5.31. The highest BCUT2D eigenvalue weighted by Gasteiger charge is 2.64. The lowest BCUT2D eigenvalue weighted by molar-refractivity contribution is -0.0560. The lowest BCUT2D eigenvalue weighted by Gasteiger charge is -2.49. The van der Waals surface area contributed by atoms with Gasteiger partial charge in [0.2, 0.25) is 5.78 Å². The zero-order valence-electron chi connectivity index (χ0n) is 28.7. The third-order valence-corrected chi connectivity index (χ3v) is 10.3. The fourth-order valence-corrected chi connectivity index (χ4v) is 7.92. The number of hydrogen-bond donors (Lipinski definition) is 2. The van der Waals surface area contributed by atoms with E-state index in [1.165, 1.54) is 0 Å². The van der Waals surface area contributed by atoms with Crippen molar-refractivity contribution in [2.75, 3.05) is 28.2 Å². The normalized spacial score (nSPS) is 22.7. The second-order valence-electron chi connectivity index (χ2n) is 14.0. The van der Waals surface area contributed by atoms with E-state index in [1.54, 1.807) is 25.9 Å². The van der Waals surface area contributed by atoms with Crippen molar-refractivity contribution < 1.29 is 38.2 Å². The van der Waals surface area contributed by atoms with Crippen LogP contribution in [0.2, 0.25) is 0 Å². The first kappa shape index (κ1) is 33.6. The molecule has 0 fully saturated rings.